The zero-order valence-corrected chi connectivity index (χ0v) is 16.7. The molecule has 0 radical (unpaired) electrons. The van der Waals surface area contributed by atoms with E-state index in [1.54, 1.807) is 0 Å². The van der Waals surface area contributed by atoms with Crippen molar-refractivity contribution in [3.8, 4) is 0 Å². The third-order valence-electron chi connectivity index (χ3n) is 5.03. The van der Waals surface area contributed by atoms with Gasteiger partial charge in [-0.3, -0.25) is 19.7 Å². The van der Waals surface area contributed by atoms with Crippen LogP contribution in [0.5, 0.6) is 0 Å². The number of nitro benzene ring substituents is 1. The van der Waals surface area contributed by atoms with E-state index in [-0.39, 0.29) is 11.6 Å². The summed E-state index contributed by atoms with van der Waals surface area (Å²) in [5, 5.41) is 16.1. The number of nitrogens with zero attached hydrogens (tertiary/aromatic N) is 2. The third kappa shape index (κ3) is 4.31. The lowest BCUT2D eigenvalue weighted by molar-refractivity contribution is -0.384. The highest BCUT2D eigenvalue weighted by atomic mass is 16.6. The van der Waals surface area contributed by atoms with Gasteiger partial charge >= 0.3 is 6.03 Å². The number of nitrogens with one attached hydrogen (secondary N) is 2. The first kappa shape index (κ1) is 20.7. The molecule has 2 N–H and O–H groups in total. The van der Waals surface area contributed by atoms with Crippen molar-refractivity contribution in [2.24, 2.45) is 0 Å². The summed E-state index contributed by atoms with van der Waals surface area (Å²) in [6.07, 6.45) is 0.387. The van der Waals surface area contributed by atoms with Gasteiger partial charge in [0.05, 0.1) is 10.6 Å². The molecule has 0 spiro atoms. The van der Waals surface area contributed by atoms with Crippen molar-refractivity contribution in [3.63, 3.8) is 0 Å². The molecule has 160 valence electrons. The first-order valence-corrected chi connectivity index (χ1v) is 9.76. The molecule has 1 fully saturated rings. The number of non-ortho nitro benzene ring substituents is 1. The van der Waals surface area contributed by atoms with Crippen LogP contribution in [0, 0.1) is 10.1 Å². The summed E-state index contributed by atoms with van der Waals surface area (Å²) in [5.74, 6) is -0.786. The van der Waals surface area contributed by atoms with E-state index < -0.39 is 22.9 Å². The lowest BCUT2D eigenvalue weighted by Crippen LogP contribution is -2.32. The van der Waals surface area contributed by atoms with E-state index >= 15 is 0 Å². The average Bonchev–Trinajstić information content (AvgIpc) is 3.07. The van der Waals surface area contributed by atoms with E-state index in [2.05, 4.69) is 10.6 Å². The number of urea groups is 1. The molecule has 1 aliphatic rings. The normalized spacial score (nSPS) is 15.4. The molecule has 1 heterocycles. The van der Waals surface area contributed by atoms with Crippen LogP contribution in [0.1, 0.15) is 15.9 Å². The summed E-state index contributed by atoms with van der Waals surface area (Å²) < 4.78 is 0. The minimum absolute atomic E-state index is 0.0773. The Kier molecular flexibility index (Phi) is 5.63. The Bertz CT molecular complexity index is 1180. The number of rotatable bonds is 6. The first-order chi connectivity index (χ1) is 15.4. The number of carbonyl (C=O) groups excluding carboxylic acids is 3. The molecule has 1 aliphatic heterocycles. The van der Waals surface area contributed by atoms with Gasteiger partial charge in [-0.25, -0.2) is 9.69 Å². The minimum atomic E-state index is -0.657. The third-order valence-corrected chi connectivity index (χ3v) is 5.03. The maximum absolute atomic E-state index is 12.8. The lowest BCUT2D eigenvalue weighted by atomic mass is 10.1. The van der Waals surface area contributed by atoms with E-state index in [0.717, 1.165) is 10.5 Å². The number of nitro groups is 1. The molecule has 0 saturated carbocycles. The monoisotopic (exact) mass is 430 g/mol. The Labute approximate surface area is 182 Å². The van der Waals surface area contributed by atoms with Crippen molar-refractivity contribution in [3.05, 3.63) is 100 Å². The molecular weight excluding hydrogens is 412 g/mol. The summed E-state index contributed by atoms with van der Waals surface area (Å²) in [6, 6.07) is 19.7. The van der Waals surface area contributed by atoms with Crippen LogP contribution in [0.25, 0.3) is 0 Å². The molecule has 0 bridgehead atoms. The van der Waals surface area contributed by atoms with Gasteiger partial charge in [-0.15, -0.1) is 0 Å². The Morgan fingerprint density at radius 2 is 1.62 bits per heavy atom. The SMILES string of the molecule is O=C(Nc1ccc([N+](=O)[O-])cc1)c1ccc(N2C(=O)N[C@@H](Cc3ccccc3)C2=O)cc1. The molecule has 0 aliphatic carbocycles. The number of imide groups is 1. The topological polar surface area (TPSA) is 122 Å². The average molecular weight is 430 g/mol. The van der Waals surface area contributed by atoms with Crippen molar-refractivity contribution in [2.75, 3.05) is 10.2 Å². The maximum atomic E-state index is 12.8. The van der Waals surface area contributed by atoms with Crippen LogP contribution in [0.15, 0.2) is 78.9 Å². The van der Waals surface area contributed by atoms with E-state index in [9.17, 15) is 24.5 Å². The van der Waals surface area contributed by atoms with Crippen molar-refractivity contribution in [1.82, 2.24) is 5.32 Å². The highest BCUT2D eigenvalue weighted by Gasteiger charge is 2.38. The van der Waals surface area contributed by atoms with E-state index in [1.165, 1.54) is 48.5 Å². The largest absolute Gasteiger partial charge is 0.329 e. The van der Waals surface area contributed by atoms with Gasteiger partial charge in [0.15, 0.2) is 0 Å². The second kappa shape index (κ2) is 8.68. The number of hydrogen-bond acceptors (Lipinski definition) is 5. The van der Waals surface area contributed by atoms with Crippen molar-refractivity contribution < 1.29 is 19.3 Å². The first-order valence-electron chi connectivity index (χ1n) is 9.76. The van der Waals surface area contributed by atoms with Crippen LogP contribution in [0.2, 0.25) is 0 Å². The molecule has 0 unspecified atom stereocenters. The fourth-order valence-electron chi connectivity index (χ4n) is 3.40. The molecule has 1 saturated heterocycles. The van der Waals surface area contributed by atoms with E-state index in [0.29, 0.717) is 23.4 Å². The number of anilines is 2. The Hall–Kier alpha value is -4.53. The van der Waals surface area contributed by atoms with Gasteiger partial charge in [0.1, 0.15) is 6.04 Å². The molecular formula is C23H18N4O5. The highest BCUT2D eigenvalue weighted by Crippen LogP contribution is 2.22. The molecule has 1 atom stereocenters. The van der Waals surface area contributed by atoms with Crippen LogP contribution in [-0.4, -0.2) is 28.8 Å². The standard InChI is InChI=1S/C23H18N4O5/c28-21(24-17-8-12-19(13-9-17)27(31)32)16-6-10-18(11-7-16)26-22(29)20(25-23(26)30)14-15-4-2-1-3-5-15/h1-13,20H,14H2,(H,24,28)(H,25,30)/t20-/m0/s1. The van der Waals surface area contributed by atoms with Gasteiger partial charge in [-0.2, -0.15) is 0 Å². The summed E-state index contributed by atoms with van der Waals surface area (Å²) in [6.45, 7) is 0. The fraction of sp³-hybridized carbons (Fsp3) is 0.0870. The predicted octanol–water partition coefficient (Wildman–Crippen LogP) is 3.51. The Morgan fingerprint density at radius 3 is 2.25 bits per heavy atom. The number of carbonyl (C=O) groups is 3. The van der Waals surface area contributed by atoms with E-state index in [1.807, 2.05) is 30.3 Å². The van der Waals surface area contributed by atoms with Crippen molar-refractivity contribution in [1.29, 1.82) is 0 Å². The number of amides is 4. The lowest BCUT2D eigenvalue weighted by Gasteiger charge is -2.14. The molecule has 3 aromatic rings. The highest BCUT2D eigenvalue weighted by molar-refractivity contribution is 6.21. The van der Waals surface area contributed by atoms with E-state index in [4.69, 9.17) is 0 Å². The minimum Gasteiger partial charge on any atom is -0.325 e. The summed E-state index contributed by atoms with van der Waals surface area (Å²) in [7, 11) is 0. The van der Waals surface area contributed by atoms with Gasteiger partial charge in [0, 0.05) is 29.8 Å². The summed E-state index contributed by atoms with van der Waals surface area (Å²) in [4.78, 5) is 48.9. The molecule has 9 heteroatoms. The maximum Gasteiger partial charge on any atom is 0.329 e. The van der Waals surface area contributed by atoms with Crippen molar-refractivity contribution >= 4 is 34.9 Å². The Morgan fingerprint density at radius 1 is 0.969 bits per heavy atom. The molecule has 4 rings (SSSR count). The fourth-order valence-corrected chi connectivity index (χ4v) is 3.40. The van der Waals surface area contributed by atoms with Crippen LogP contribution in [-0.2, 0) is 11.2 Å². The molecule has 9 nitrogen and oxygen atoms in total. The zero-order valence-electron chi connectivity index (χ0n) is 16.7. The molecule has 3 aromatic carbocycles. The van der Waals surface area contributed by atoms with Gasteiger partial charge < -0.3 is 10.6 Å². The summed E-state index contributed by atoms with van der Waals surface area (Å²) in [5.41, 5.74) is 1.93. The second-order valence-electron chi connectivity index (χ2n) is 7.17. The molecule has 4 amide bonds. The molecule has 32 heavy (non-hydrogen) atoms. The second-order valence-corrected chi connectivity index (χ2v) is 7.17. The van der Waals surface area contributed by atoms with Crippen LogP contribution < -0.4 is 15.5 Å². The quantitative estimate of drug-likeness (QED) is 0.352. The van der Waals surface area contributed by atoms with Crippen LogP contribution >= 0.6 is 0 Å². The van der Waals surface area contributed by atoms with Gasteiger partial charge in [0.25, 0.3) is 17.5 Å². The van der Waals surface area contributed by atoms with Crippen molar-refractivity contribution in [2.45, 2.75) is 12.5 Å². The van der Waals surface area contributed by atoms with Gasteiger partial charge in [-0.05, 0) is 42.0 Å². The zero-order chi connectivity index (χ0) is 22.7. The van der Waals surface area contributed by atoms with Crippen LogP contribution in [0.4, 0.5) is 21.9 Å². The smallest absolute Gasteiger partial charge is 0.325 e. The van der Waals surface area contributed by atoms with Crippen LogP contribution in [0.3, 0.4) is 0 Å². The summed E-state index contributed by atoms with van der Waals surface area (Å²) >= 11 is 0. The Balaban J connectivity index is 1.43. The number of benzene rings is 3. The van der Waals surface area contributed by atoms with Gasteiger partial charge in [-0.1, -0.05) is 30.3 Å². The predicted molar refractivity (Wildman–Crippen MR) is 117 cm³/mol. The molecule has 0 aromatic heterocycles. The number of hydrogen-bond donors (Lipinski definition) is 2. The van der Waals surface area contributed by atoms with Gasteiger partial charge in [0.2, 0.25) is 0 Å².